The Morgan fingerprint density at radius 2 is 1.38 bits per heavy atom. The van der Waals surface area contributed by atoms with Gasteiger partial charge >= 0.3 is 0 Å². The van der Waals surface area contributed by atoms with Gasteiger partial charge in [0, 0.05) is 24.8 Å². The maximum absolute atomic E-state index is 2.39. The summed E-state index contributed by atoms with van der Waals surface area (Å²) in [4.78, 5) is 0. The van der Waals surface area contributed by atoms with E-state index < -0.39 is 0 Å². The summed E-state index contributed by atoms with van der Waals surface area (Å²) in [5, 5.41) is 0. The first-order valence-electron chi connectivity index (χ1n) is 10.7. The molecule has 1 saturated heterocycles. The molecule has 1 fully saturated rings. The van der Waals surface area contributed by atoms with Gasteiger partial charge in [-0.2, -0.15) is 0 Å². The Labute approximate surface area is 151 Å². The fourth-order valence-corrected chi connectivity index (χ4v) is 4.83. The van der Waals surface area contributed by atoms with Crippen molar-refractivity contribution in [3.8, 4) is 0 Å². The molecule has 0 amide bonds. The van der Waals surface area contributed by atoms with Crippen molar-refractivity contribution in [3.05, 3.63) is 35.9 Å². The Balaban J connectivity index is 1.82. The van der Waals surface area contributed by atoms with Crippen molar-refractivity contribution < 1.29 is 4.48 Å². The molecule has 2 rings (SSSR count). The van der Waals surface area contributed by atoms with Crippen LogP contribution in [0.3, 0.4) is 0 Å². The number of benzene rings is 1. The maximum atomic E-state index is 2.39. The highest BCUT2D eigenvalue weighted by Gasteiger charge is 2.39. The standard InChI is InChI=1S/C23H40N/c1-3-5-6-7-8-9-10-14-19-24(20-15-16-21-24)23(4-2)22-17-12-11-13-18-22/h11-13,17-18,23H,3-10,14-16,19-21H2,1-2H3/q+1. The van der Waals surface area contributed by atoms with Crippen LogP contribution in [0.15, 0.2) is 30.3 Å². The number of likely N-dealkylation sites (tertiary alicyclic amines) is 1. The highest BCUT2D eigenvalue weighted by Crippen LogP contribution is 2.36. The Hall–Kier alpha value is -0.820. The van der Waals surface area contributed by atoms with Crippen LogP contribution in [-0.4, -0.2) is 24.1 Å². The lowest BCUT2D eigenvalue weighted by Gasteiger charge is -2.42. The Morgan fingerprint density at radius 3 is 1.96 bits per heavy atom. The lowest BCUT2D eigenvalue weighted by molar-refractivity contribution is -0.946. The van der Waals surface area contributed by atoms with Crippen molar-refractivity contribution in [2.75, 3.05) is 19.6 Å². The van der Waals surface area contributed by atoms with Crippen LogP contribution in [0.1, 0.15) is 96.1 Å². The van der Waals surface area contributed by atoms with Crippen molar-refractivity contribution in [2.24, 2.45) is 0 Å². The Morgan fingerprint density at radius 1 is 0.792 bits per heavy atom. The van der Waals surface area contributed by atoms with E-state index in [0.717, 1.165) is 6.04 Å². The SMILES string of the molecule is CCCCCCCCCC[N+]1(C(CC)c2ccccc2)CCCC1. The van der Waals surface area contributed by atoms with Crippen LogP contribution in [0.4, 0.5) is 0 Å². The van der Waals surface area contributed by atoms with E-state index in [0.29, 0.717) is 0 Å². The van der Waals surface area contributed by atoms with Gasteiger partial charge in [-0.3, -0.25) is 0 Å². The molecule has 1 aliphatic heterocycles. The molecule has 0 spiro atoms. The fraction of sp³-hybridized carbons (Fsp3) is 0.739. The van der Waals surface area contributed by atoms with Gasteiger partial charge in [0.25, 0.3) is 0 Å². The second-order valence-corrected chi connectivity index (χ2v) is 7.91. The van der Waals surface area contributed by atoms with Crippen LogP contribution >= 0.6 is 0 Å². The van der Waals surface area contributed by atoms with Crippen molar-refractivity contribution in [1.82, 2.24) is 0 Å². The molecule has 0 N–H and O–H groups in total. The summed E-state index contributed by atoms with van der Waals surface area (Å²) < 4.78 is 1.37. The third-order valence-corrected chi connectivity index (χ3v) is 6.15. The molecule has 0 aromatic heterocycles. The minimum atomic E-state index is 0.721. The van der Waals surface area contributed by atoms with Gasteiger partial charge in [-0.25, -0.2) is 0 Å². The molecule has 1 heteroatoms. The van der Waals surface area contributed by atoms with Crippen LogP contribution < -0.4 is 0 Å². The number of nitrogens with zero attached hydrogens (tertiary/aromatic N) is 1. The second-order valence-electron chi connectivity index (χ2n) is 7.91. The first kappa shape index (κ1) is 19.5. The summed E-state index contributed by atoms with van der Waals surface area (Å²) in [6.45, 7) is 8.91. The summed E-state index contributed by atoms with van der Waals surface area (Å²) in [6, 6.07) is 12.0. The molecule has 1 aromatic carbocycles. The van der Waals surface area contributed by atoms with Crippen LogP contribution in [0.2, 0.25) is 0 Å². The van der Waals surface area contributed by atoms with Gasteiger partial charge in [-0.15, -0.1) is 0 Å². The zero-order chi connectivity index (χ0) is 17.1. The molecule has 24 heavy (non-hydrogen) atoms. The summed E-state index contributed by atoms with van der Waals surface area (Å²) in [6.07, 6.45) is 15.6. The molecule has 1 heterocycles. The normalized spacial score (nSPS) is 17.9. The molecule has 0 aliphatic carbocycles. The number of quaternary nitrogens is 1. The van der Waals surface area contributed by atoms with Gasteiger partial charge in [0.2, 0.25) is 0 Å². The lowest BCUT2D eigenvalue weighted by atomic mass is 9.99. The molecular weight excluding hydrogens is 290 g/mol. The number of unbranched alkanes of at least 4 members (excludes halogenated alkanes) is 7. The van der Waals surface area contributed by atoms with E-state index in [1.165, 1.54) is 94.7 Å². The van der Waals surface area contributed by atoms with Crippen molar-refractivity contribution in [2.45, 2.75) is 90.5 Å². The average molecular weight is 331 g/mol. The van der Waals surface area contributed by atoms with Gasteiger partial charge in [0.05, 0.1) is 19.6 Å². The molecule has 136 valence electrons. The summed E-state index contributed by atoms with van der Waals surface area (Å²) in [7, 11) is 0. The molecule has 1 unspecified atom stereocenters. The van der Waals surface area contributed by atoms with E-state index in [-0.39, 0.29) is 0 Å². The highest BCUT2D eigenvalue weighted by atomic mass is 15.4. The first-order valence-corrected chi connectivity index (χ1v) is 10.7. The summed E-state index contributed by atoms with van der Waals surface area (Å²) in [5.41, 5.74) is 1.57. The zero-order valence-electron chi connectivity index (χ0n) is 16.3. The minimum Gasteiger partial charge on any atom is -0.317 e. The van der Waals surface area contributed by atoms with E-state index >= 15 is 0 Å². The van der Waals surface area contributed by atoms with Gasteiger partial charge in [-0.05, 0) is 12.8 Å². The summed E-state index contributed by atoms with van der Waals surface area (Å²) in [5.74, 6) is 0. The number of rotatable bonds is 12. The predicted octanol–water partition coefficient (Wildman–Crippen LogP) is 6.89. The van der Waals surface area contributed by atoms with Gasteiger partial charge in [0.15, 0.2) is 0 Å². The number of hydrogen-bond acceptors (Lipinski definition) is 0. The molecule has 0 radical (unpaired) electrons. The van der Waals surface area contributed by atoms with Gasteiger partial charge in [-0.1, -0.05) is 82.7 Å². The molecule has 1 atom stereocenters. The smallest absolute Gasteiger partial charge is 0.114 e. The van der Waals surface area contributed by atoms with E-state index in [1.807, 2.05) is 0 Å². The van der Waals surface area contributed by atoms with Crippen LogP contribution in [-0.2, 0) is 0 Å². The predicted molar refractivity (Wildman–Crippen MR) is 106 cm³/mol. The maximum Gasteiger partial charge on any atom is 0.114 e. The second kappa shape index (κ2) is 10.9. The molecular formula is C23H40N+. The Bertz CT molecular complexity index is 419. The van der Waals surface area contributed by atoms with Crippen LogP contribution in [0.25, 0.3) is 0 Å². The van der Waals surface area contributed by atoms with Crippen molar-refractivity contribution >= 4 is 0 Å². The minimum absolute atomic E-state index is 0.721. The van der Waals surface area contributed by atoms with Crippen molar-refractivity contribution in [3.63, 3.8) is 0 Å². The molecule has 1 aliphatic rings. The Kier molecular flexibility index (Phi) is 8.88. The van der Waals surface area contributed by atoms with Crippen LogP contribution in [0, 0.1) is 0 Å². The molecule has 1 nitrogen and oxygen atoms in total. The average Bonchev–Trinajstić information content (AvgIpc) is 3.08. The van der Waals surface area contributed by atoms with E-state index in [4.69, 9.17) is 0 Å². The number of hydrogen-bond donors (Lipinski definition) is 0. The monoisotopic (exact) mass is 330 g/mol. The molecule has 0 bridgehead atoms. The molecule has 0 saturated carbocycles. The fourth-order valence-electron chi connectivity index (χ4n) is 4.83. The van der Waals surface area contributed by atoms with E-state index in [9.17, 15) is 0 Å². The topological polar surface area (TPSA) is 0 Å². The quantitative estimate of drug-likeness (QED) is 0.289. The highest BCUT2D eigenvalue weighted by molar-refractivity contribution is 5.17. The molecule has 1 aromatic rings. The first-order chi connectivity index (χ1) is 11.8. The van der Waals surface area contributed by atoms with Crippen molar-refractivity contribution in [1.29, 1.82) is 0 Å². The largest absolute Gasteiger partial charge is 0.317 e. The third kappa shape index (κ3) is 5.62. The zero-order valence-corrected chi connectivity index (χ0v) is 16.3. The lowest BCUT2D eigenvalue weighted by Crippen LogP contribution is -2.48. The van der Waals surface area contributed by atoms with Gasteiger partial charge < -0.3 is 4.48 Å². The third-order valence-electron chi connectivity index (χ3n) is 6.15. The summed E-state index contributed by atoms with van der Waals surface area (Å²) >= 11 is 0. The van der Waals surface area contributed by atoms with E-state index in [2.05, 4.69) is 44.2 Å². The van der Waals surface area contributed by atoms with Gasteiger partial charge in [0.1, 0.15) is 6.04 Å². The van der Waals surface area contributed by atoms with Crippen LogP contribution in [0.5, 0.6) is 0 Å². The van der Waals surface area contributed by atoms with E-state index in [1.54, 1.807) is 5.56 Å².